The van der Waals surface area contributed by atoms with Crippen molar-refractivity contribution >= 4 is 34.9 Å². The Bertz CT molecular complexity index is 640. The Morgan fingerprint density at radius 3 is 2.75 bits per heavy atom. The highest BCUT2D eigenvalue weighted by atomic mass is 35.5. The van der Waals surface area contributed by atoms with E-state index in [9.17, 15) is 9.90 Å². The molecule has 1 aromatic carbocycles. The summed E-state index contributed by atoms with van der Waals surface area (Å²) >= 11 is 12.7. The van der Waals surface area contributed by atoms with Crippen LogP contribution in [0.5, 0.6) is 0 Å². The number of benzene rings is 1. The van der Waals surface area contributed by atoms with Crippen LogP contribution >= 0.6 is 23.2 Å². The second-order valence-corrected chi connectivity index (χ2v) is 7.97. The number of hydrogen-bond acceptors (Lipinski definition) is 2. The normalized spacial score (nSPS) is 23.8. The van der Waals surface area contributed by atoms with Crippen molar-refractivity contribution in [1.82, 2.24) is 5.32 Å². The third kappa shape index (κ3) is 3.66. The van der Waals surface area contributed by atoms with Gasteiger partial charge < -0.3 is 15.7 Å². The molecule has 4 nitrogen and oxygen atoms in total. The second kappa shape index (κ2) is 7.11. The molecule has 1 unspecified atom stereocenters. The van der Waals surface area contributed by atoms with E-state index in [-0.39, 0.29) is 6.03 Å². The van der Waals surface area contributed by atoms with Crippen molar-refractivity contribution in [2.45, 2.75) is 57.5 Å². The monoisotopic (exact) mass is 370 g/mol. The molecule has 24 heavy (non-hydrogen) atoms. The van der Waals surface area contributed by atoms with E-state index in [2.05, 4.69) is 10.6 Å². The minimum atomic E-state index is -0.912. The summed E-state index contributed by atoms with van der Waals surface area (Å²) < 4.78 is 0. The van der Waals surface area contributed by atoms with Gasteiger partial charge >= 0.3 is 6.03 Å². The van der Waals surface area contributed by atoms with E-state index < -0.39 is 5.60 Å². The number of nitrogens with one attached hydrogen (secondary N) is 2. The Kier molecular flexibility index (Phi) is 5.28. The Hall–Kier alpha value is -0.970. The summed E-state index contributed by atoms with van der Waals surface area (Å²) in [5.41, 5.74) is 1.14. The van der Waals surface area contributed by atoms with E-state index in [1.54, 1.807) is 13.0 Å². The minimum Gasteiger partial charge on any atom is -0.385 e. The molecule has 1 aromatic rings. The smallest absolute Gasteiger partial charge is 0.319 e. The lowest BCUT2D eigenvalue weighted by Crippen LogP contribution is -2.34. The van der Waals surface area contributed by atoms with Gasteiger partial charge in [0.25, 0.3) is 0 Å². The zero-order chi connectivity index (χ0) is 17.3. The van der Waals surface area contributed by atoms with Crippen LogP contribution in [-0.4, -0.2) is 17.7 Å². The van der Waals surface area contributed by atoms with Crippen LogP contribution in [0.1, 0.15) is 56.6 Å². The van der Waals surface area contributed by atoms with Crippen LogP contribution in [0.15, 0.2) is 6.07 Å². The maximum Gasteiger partial charge on any atom is 0.319 e. The first-order valence-corrected chi connectivity index (χ1v) is 9.42. The number of halogens is 2. The lowest BCUT2D eigenvalue weighted by atomic mass is 9.89. The van der Waals surface area contributed by atoms with Gasteiger partial charge in [-0.2, -0.15) is 0 Å². The molecule has 2 aliphatic carbocycles. The van der Waals surface area contributed by atoms with Gasteiger partial charge in [0.1, 0.15) is 0 Å². The van der Waals surface area contributed by atoms with Crippen molar-refractivity contribution in [3.63, 3.8) is 0 Å². The van der Waals surface area contributed by atoms with Gasteiger partial charge in [-0.1, -0.05) is 42.5 Å². The molecule has 0 heterocycles. The largest absolute Gasteiger partial charge is 0.385 e. The molecular formula is C18H24Cl2N2O2. The number of anilines is 1. The van der Waals surface area contributed by atoms with Crippen molar-refractivity contribution in [2.75, 3.05) is 11.9 Å². The summed E-state index contributed by atoms with van der Waals surface area (Å²) in [7, 11) is 0. The molecule has 0 spiro atoms. The molecule has 3 N–H and O–H groups in total. The van der Waals surface area contributed by atoms with Crippen molar-refractivity contribution in [1.29, 1.82) is 0 Å². The summed E-state index contributed by atoms with van der Waals surface area (Å²) in [5.74, 6) is 0.561. The number of carbonyl (C=O) groups is 1. The first kappa shape index (κ1) is 17.8. The lowest BCUT2D eigenvalue weighted by Gasteiger charge is -2.22. The minimum absolute atomic E-state index is 0.283. The predicted octanol–water partition coefficient (Wildman–Crippen LogP) is 4.85. The van der Waals surface area contributed by atoms with Crippen molar-refractivity contribution in [3.8, 4) is 0 Å². The molecule has 2 amide bonds. The topological polar surface area (TPSA) is 61.4 Å². The van der Waals surface area contributed by atoms with E-state index in [0.717, 1.165) is 11.1 Å². The van der Waals surface area contributed by atoms with Crippen LogP contribution in [0.25, 0.3) is 0 Å². The van der Waals surface area contributed by atoms with Gasteiger partial charge in [0, 0.05) is 6.54 Å². The van der Waals surface area contributed by atoms with Gasteiger partial charge in [0.15, 0.2) is 0 Å². The fourth-order valence-electron chi connectivity index (χ4n) is 3.79. The Morgan fingerprint density at radius 2 is 2.04 bits per heavy atom. The second-order valence-electron chi connectivity index (χ2n) is 7.19. The first-order chi connectivity index (χ1) is 11.4. The average molecular weight is 371 g/mol. The van der Waals surface area contributed by atoms with Crippen LogP contribution in [0.3, 0.4) is 0 Å². The van der Waals surface area contributed by atoms with Crippen LogP contribution in [0, 0.1) is 5.92 Å². The molecule has 3 rings (SSSR count). The van der Waals surface area contributed by atoms with Gasteiger partial charge in [-0.15, -0.1) is 0 Å². The van der Waals surface area contributed by atoms with Crippen molar-refractivity contribution in [3.05, 3.63) is 27.2 Å². The third-order valence-corrected chi connectivity index (χ3v) is 5.99. The Labute approximate surface area is 152 Å². The molecule has 0 saturated heterocycles. The fraction of sp³-hybridized carbons (Fsp3) is 0.611. The SMILES string of the molecule is CC1(O)CCc2c1cc(Cl)c(NC(=O)NCC1CCCCC1)c2Cl. The van der Waals surface area contributed by atoms with Crippen LogP contribution in [-0.2, 0) is 12.0 Å². The number of urea groups is 1. The van der Waals surface area contributed by atoms with E-state index in [1.165, 1.54) is 32.1 Å². The molecule has 6 heteroatoms. The predicted molar refractivity (Wildman–Crippen MR) is 98.0 cm³/mol. The number of aliphatic hydroxyl groups is 1. The summed E-state index contributed by atoms with van der Waals surface area (Å²) in [6.07, 6.45) is 7.43. The molecule has 0 aliphatic heterocycles. The lowest BCUT2D eigenvalue weighted by molar-refractivity contribution is 0.0595. The number of amides is 2. The average Bonchev–Trinajstić information content (AvgIpc) is 2.86. The summed E-state index contributed by atoms with van der Waals surface area (Å²) in [6.45, 7) is 2.44. The van der Waals surface area contributed by atoms with Gasteiger partial charge in [0.05, 0.1) is 21.3 Å². The highest BCUT2D eigenvalue weighted by Crippen LogP contribution is 2.45. The number of fused-ring (bicyclic) bond motifs is 1. The zero-order valence-corrected chi connectivity index (χ0v) is 15.4. The molecule has 1 saturated carbocycles. The molecular weight excluding hydrogens is 347 g/mol. The highest BCUT2D eigenvalue weighted by molar-refractivity contribution is 6.40. The Morgan fingerprint density at radius 1 is 1.33 bits per heavy atom. The molecule has 0 radical (unpaired) electrons. The van der Waals surface area contributed by atoms with E-state index >= 15 is 0 Å². The zero-order valence-electron chi connectivity index (χ0n) is 13.9. The maximum absolute atomic E-state index is 12.2. The summed E-state index contributed by atoms with van der Waals surface area (Å²) in [6, 6.07) is 1.43. The van der Waals surface area contributed by atoms with Crippen molar-refractivity contribution in [2.24, 2.45) is 5.92 Å². The van der Waals surface area contributed by atoms with E-state index in [0.29, 0.717) is 41.0 Å². The molecule has 2 aliphatic rings. The van der Waals surface area contributed by atoms with Crippen LogP contribution in [0.4, 0.5) is 10.5 Å². The van der Waals surface area contributed by atoms with Gasteiger partial charge in [-0.3, -0.25) is 0 Å². The molecule has 1 atom stereocenters. The number of hydrogen-bond donors (Lipinski definition) is 3. The van der Waals surface area contributed by atoms with Gasteiger partial charge in [-0.05, 0) is 55.7 Å². The maximum atomic E-state index is 12.2. The summed E-state index contributed by atoms with van der Waals surface area (Å²) in [4.78, 5) is 12.2. The molecule has 0 bridgehead atoms. The van der Waals surface area contributed by atoms with Crippen molar-refractivity contribution < 1.29 is 9.90 Å². The standard InChI is InChI=1S/C18H24Cl2N2O2/c1-18(24)8-7-12-13(18)9-14(19)16(15(12)20)22-17(23)21-10-11-5-3-2-4-6-11/h9,11,24H,2-8,10H2,1H3,(H2,21,22,23). The van der Waals surface area contributed by atoms with Crippen LogP contribution < -0.4 is 10.6 Å². The van der Waals surface area contributed by atoms with Gasteiger partial charge in [0.2, 0.25) is 0 Å². The van der Waals surface area contributed by atoms with Gasteiger partial charge in [-0.25, -0.2) is 4.79 Å². The fourth-order valence-corrected chi connectivity index (χ4v) is 4.43. The van der Waals surface area contributed by atoms with Crippen LogP contribution in [0.2, 0.25) is 10.0 Å². The van der Waals surface area contributed by atoms with E-state index in [1.807, 2.05) is 0 Å². The first-order valence-electron chi connectivity index (χ1n) is 8.67. The number of carbonyl (C=O) groups excluding carboxylic acids is 1. The summed E-state index contributed by atoms with van der Waals surface area (Å²) in [5, 5.41) is 16.9. The van der Waals surface area contributed by atoms with E-state index in [4.69, 9.17) is 23.2 Å². The molecule has 132 valence electrons. The Balaban J connectivity index is 1.68. The molecule has 0 aromatic heterocycles. The number of rotatable bonds is 3. The molecule has 1 fully saturated rings. The quantitative estimate of drug-likeness (QED) is 0.711. The highest BCUT2D eigenvalue weighted by Gasteiger charge is 2.35. The third-order valence-electron chi connectivity index (χ3n) is 5.28.